The first kappa shape index (κ1) is 15.0. The number of esters is 1. The number of methoxy groups -OCH3 is 1. The normalized spacial score (nSPS) is 29.4. The summed E-state index contributed by atoms with van der Waals surface area (Å²) in [5.41, 5.74) is 0.177. The molecule has 0 aliphatic carbocycles. The van der Waals surface area contributed by atoms with Gasteiger partial charge in [0.05, 0.1) is 31.8 Å². The molecule has 1 aromatic carbocycles. The van der Waals surface area contributed by atoms with Gasteiger partial charge in [-0.05, 0) is 12.5 Å². The molecule has 0 aromatic heterocycles. The molecule has 1 saturated heterocycles. The molecule has 5 heteroatoms. The zero-order valence-corrected chi connectivity index (χ0v) is 11.7. The second-order valence-electron chi connectivity index (χ2n) is 5.19. The van der Waals surface area contributed by atoms with Gasteiger partial charge in [0.1, 0.15) is 0 Å². The van der Waals surface area contributed by atoms with Gasteiger partial charge in [-0.2, -0.15) is 0 Å². The van der Waals surface area contributed by atoms with Crippen LogP contribution < -0.4 is 0 Å². The third kappa shape index (κ3) is 3.17. The van der Waals surface area contributed by atoms with Crippen LogP contribution >= 0.6 is 0 Å². The first-order chi connectivity index (χ1) is 9.56. The van der Waals surface area contributed by atoms with Crippen LogP contribution in [0.1, 0.15) is 18.9 Å². The number of hydrogen-bond donors (Lipinski definition) is 1. The zero-order valence-electron chi connectivity index (χ0n) is 11.7. The van der Waals surface area contributed by atoms with Crippen LogP contribution in [0.5, 0.6) is 0 Å². The van der Waals surface area contributed by atoms with E-state index in [0.29, 0.717) is 6.61 Å². The summed E-state index contributed by atoms with van der Waals surface area (Å²) >= 11 is 0. The highest BCUT2D eigenvalue weighted by atomic mass is 16.6. The number of aliphatic hydroxyl groups is 1. The predicted molar refractivity (Wildman–Crippen MR) is 71.7 cm³/mol. The lowest BCUT2D eigenvalue weighted by Gasteiger charge is -2.26. The van der Waals surface area contributed by atoms with E-state index in [0.717, 1.165) is 5.56 Å². The Kier molecular flexibility index (Phi) is 4.75. The fourth-order valence-corrected chi connectivity index (χ4v) is 2.41. The second kappa shape index (κ2) is 6.35. The quantitative estimate of drug-likeness (QED) is 0.828. The van der Waals surface area contributed by atoms with Crippen molar-refractivity contribution in [2.24, 2.45) is 5.41 Å². The van der Waals surface area contributed by atoms with E-state index in [1.165, 1.54) is 7.11 Å². The minimum Gasteiger partial charge on any atom is -0.469 e. The van der Waals surface area contributed by atoms with Gasteiger partial charge in [0.2, 0.25) is 0 Å². The lowest BCUT2D eigenvalue weighted by molar-refractivity contribution is -0.159. The molecule has 0 amide bonds. The molecule has 20 heavy (non-hydrogen) atoms. The van der Waals surface area contributed by atoms with E-state index in [-0.39, 0.29) is 19.0 Å². The summed E-state index contributed by atoms with van der Waals surface area (Å²) in [6.45, 7) is 2.40. The number of carbonyl (C=O) groups excluding carboxylic acids is 1. The van der Waals surface area contributed by atoms with Crippen LogP contribution in [0.3, 0.4) is 0 Å². The number of benzene rings is 1. The van der Waals surface area contributed by atoms with Gasteiger partial charge < -0.3 is 19.3 Å². The van der Waals surface area contributed by atoms with Gasteiger partial charge in [-0.3, -0.25) is 4.79 Å². The zero-order chi connectivity index (χ0) is 14.6. The van der Waals surface area contributed by atoms with Crippen LogP contribution in [0.2, 0.25) is 0 Å². The third-order valence-electron chi connectivity index (χ3n) is 3.66. The molecule has 0 radical (unpaired) electrons. The van der Waals surface area contributed by atoms with Gasteiger partial charge >= 0.3 is 5.97 Å². The lowest BCUT2D eigenvalue weighted by atomic mass is 9.83. The monoisotopic (exact) mass is 280 g/mol. The molecule has 1 aromatic rings. The summed E-state index contributed by atoms with van der Waals surface area (Å²) < 4.78 is 15.8. The Balaban J connectivity index is 1.92. The van der Waals surface area contributed by atoms with Crippen molar-refractivity contribution in [1.82, 2.24) is 0 Å². The highest BCUT2D eigenvalue weighted by Crippen LogP contribution is 2.38. The molecular weight excluding hydrogens is 260 g/mol. The van der Waals surface area contributed by atoms with Crippen molar-refractivity contribution in [2.45, 2.75) is 32.3 Å². The maximum absolute atomic E-state index is 11.9. The van der Waals surface area contributed by atoms with E-state index in [1.807, 2.05) is 30.3 Å². The van der Waals surface area contributed by atoms with Crippen molar-refractivity contribution in [2.75, 3.05) is 13.7 Å². The first-order valence-electron chi connectivity index (χ1n) is 6.60. The van der Waals surface area contributed by atoms with E-state index < -0.39 is 17.8 Å². The predicted octanol–water partition coefficient (Wildman–Crippen LogP) is 1.49. The molecule has 1 fully saturated rings. The van der Waals surface area contributed by atoms with Gasteiger partial charge in [-0.15, -0.1) is 0 Å². The summed E-state index contributed by atoms with van der Waals surface area (Å²) in [5, 5.41) is 9.61. The maximum Gasteiger partial charge on any atom is 0.314 e. The second-order valence-corrected chi connectivity index (χ2v) is 5.19. The highest BCUT2D eigenvalue weighted by molar-refractivity contribution is 5.77. The number of aliphatic hydroxyl groups excluding tert-OH is 1. The molecule has 0 saturated carbocycles. The smallest absolute Gasteiger partial charge is 0.314 e. The number of carbonyl (C=O) groups is 1. The van der Waals surface area contributed by atoms with E-state index in [1.54, 1.807) is 6.92 Å². The molecule has 1 aliphatic heterocycles. The molecule has 2 rings (SSSR count). The van der Waals surface area contributed by atoms with Crippen molar-refractivity contribution in [1.29, 1.82) is 0 Å². The Morgan fingerprint density at radius 1 is 1.45 bits per heavy atom. The van der Waals surface area contributed by atoms with E-state index in [4.69, 9.17) is 14.2 Å². The molecule has 0 spiro atoms. The molecule has 1 heterocycles. The molecule has 1 aliphatic rings. The van der Waals surface area contributed by atoms with Crippen molar-refractivity contribution >= 4 is 5.97 Å². The Morgan fingerprint density at radius 3 is 2.80 bits per heavy atom. The molecular formula is C15H20O5. The standard InChI is InChI=1S/C15H20O5/c1-15(14(17)18-2)8-13(16)20-12(15)10-19-9-11-6-4-3-5-7-11/h3-7,12-13,16H,8-10H2,1-2H3/t12-,13?,15?/m1/s1. The minimum atomic E-state index is -0.954. The summed E-state index contributed by atoms with van der Waals surface area (Å²) in [7, 11) is 1.33. The van der Waals surface area contributed by atoms with E-state index in [9.17, 15) is 9.90 Å². The Morgan fingerprint density at radius 2 is 2.15 bits per heavy atom. The van der Waals surface area contributed by atoms with Gasteiger partial charge in [0.25, 0.3) is 0 Å². The van der Waals surface area contributed by atoms with Crippen molar-refractivity contribution in [3.63, 3.8) is 0 Å². The summed E-state index contributed by atoms with van der Waals surface area (Å²) in [6, 6.07) is 9.74. The van der Waals surface area contributed by atoms with Crippen LogP contribution in [0, 0.1) is 5.41 Å². The van der Waals surface area contributed by atoms with E-state index >= 15 is 0 Å². The summed E-state index contributed by atoms with van der Waals surface area (Å²) in [6.07, 6.45) is -1.24. The van der Waals surface area contributed by atoms with Crippen LogP contribution in [0.25, 0.3) is 0 Å². The van der Waals surface area contributed by atoms with Gasteiger partial charge in [0.15, 0.2) is 6.29 Å². The van der Waals surface area contributed by atoms with Crippen molar-refractivity contribution in [3.05, 3.63) is 35.9 Å². The van der Waals surface area contributed by atoms with Crippen molar-refractivity contribution < 1.29 is 24.1 Å². The fraction of sp³-hybridized carbons (Fsp3) is 0.533. The fourth-order valence-electron chi connectivity index (χ4n) is 2.41. The number of hydrogen-bond acceptors (Lipinski definition) is 5. The Labute approximate surface area is 118 Å². The molecule has 110 valence electrons. The molecule has 5 nitrogen and oxygen atoms in total. The Hall–Kier alpha value is -1.43. The van der Waals surface area contributed by atoms with Crippen LogP contribution in [0.15, 0.2) is 30.3 Å². The molecule has 0 bridgehead atoms. The lowest BCUT2D eigenvalue weighted by Crippen LogP contribution is -2.39. The topological polar surface area (TPSA) is 65.0 Å². The number of rotatable bonds is 5. The summed E-state index contributed by atoms with van der Waals surface area (Å²) in [4.78, 5) is 11.9. The van der Waals surface area contributed by atoms with Crippen LogP contribution in [0.4, 0.5) is 0 Å². The molecule has 2 unspecified atom stereocenters. The largest absolute Gasteiger partial charge is 0.469 e. The SMILES string of the molecule is COC(=O)C1(C)CC(O)O[C@@H]1COCc1ccccc1. The van der Waals surface area contributed by atoms with Crippen molar-refractivity contribution in [3.8, 4) is 0 Å². The molecule has 3 atom stereocenters. The van der Waals surface area contributed by atoms with Crippen LogP contribution in [-0.2, 0) is 25.6 Å². The van der Waals surface area contributed by atoms with Gasteiger partial charge in [0, 0.05) is 6.42 Å². The Bertz CT molecular complexity index is 447. The summed E-state index contributed by atoms with van der Waals surface area (Å²) in [5.74, 6) is -0.387. The maximum atomic E-state index is 11.9. The average Bonchev–Trinajstić information content (AvgIpc) is 2.75. The average molecular weight is 280 g/mol. The van der Waals surface area contributed by atoms with Crippen LogP contribution in [-0.4, -0.2) is 37.2 Å². The van der Waals surface area contributed by atoms with E-state index in [2.05, 4.69) is 0 Å². The molecule has 1 N–H and O–H groups in total. The highest BCUT2D eigenvalue weighted by Gasteiger charge is 2.51. The van der Waals surface area contributed by atoms with Gasteiger partial charge in [-0.1, -0.05) is 30.3 Å². The third-order valence-corrected chi connectivity index (χ3v) is 3.66. The van der Waals surface area contributed by atoms with Gasteiger partial charge in [-0.25, -0.2) is 0 Å². The first-order valence-corrected chi connectivity index (χ1v) is 6.60. The minimum absolute atomic E-state index is 0.221. The number of ether oxygens (including phenoxy) is 3.